The first-order valence-corrected chi connectivity index (χ1v) is 8.50. The fourth-order valence-corrected chi connectivity index (χ4v) is 2.83. The monoisotopic (exact) mass is 336 g/mol. The van der Waals surface area contributed by atoms with Crippen LogP contribution in [0.2, 0.25) is 0 Å². The predicted molar refractivity (Wildman–Crippen MR) is 89.1 cm³/mol. The Morgan fingerprint density at radius 2 is 2.00 bits per heavy atom. The number of amides is 2. The summed E-state index contributed by atoms with van der Waals surface area (Å²) in [6, 6.07) is 5.81. The molecular formula is C18H25FN2O3. The number of hydrogen-bond donors (Lipinski definition) is 1. The third kappa shape index (κ3) is 5.30. The van der Waals surface area contributed by atoms with Gasteiger partial charge in [0.1, 0.15) is 5.82 Å². The van der Waals surface area contributed by atoms with Crippen LogP contribution in [0.4, 0.5) is 4.39 Å². The summed E-state index contributed by atoms with van der Waals surface area (Å²) in [7, 11) is 0. The highest BCUT2D eigenvalue weighted by molar-refractivity contribution is 5.94. The molecule has 2 rings (SSSR count). The van der Waals surface area contributed by atoms with E-state index in [9.17, 15) is 14.0 Å². The van der Waals surface area contributed by atoms with Gasteiger partial charge >= 0.3 is 0 Å². The second-order valence-corrected chi connectivity index (χ2v) is 5.97. The zero-order chi connectivity index (χ0) is 17.4. The summed E-state index contributed by atoms with van der Waals surface area (Å²) in [6.45, 7) is 5.06. The first-order valence-electron chi connectivity index (χ1n) is 8.50. The van der Waals surface area contributed by atoms with Gasteiger partial charge in [-0.1, -0.05) is 12.1 Å². The van der Waals surface area contributed by atoms with Crippen molar-refractivity contribution in [3.8, 4) is 0 Å². The van der Waals surface area contributed by atoms with Gasteiger partial charge in [-0.15, -0.1) is 0 Å². The van der Waals surface area contributed by atoms with Crippen LogP contribution in [-0.2, 0) is 9.53 Å². The topological polar surface area (TPSA) is 58.6 Å². The molecule has 1 N–H and O–H groups in total. The van der Waals surface area contributed by atoms with E-state index in [0.29, 0.717) is 12.5 Å². The van der Waals surface area contributed by atoms with E-state index in [1.165, 1.54) is 18.2 Å². The van der Waals surface area contributed by atoms with Crippen molar-refractivity contribution < 1.29 is 18.7 Å². The standard InChI is InChI=1S/C18H25FN2O3/c1-2-21(13-14-8-11-24-12-9-14)17(22)7-10-20-18(23)15-5-3-4-6-16(15)19/h3-6,14H,2,7-13H2,1H3,(H,20,23). The van der Waals surface area contributed by atoms with E-state index in [4.69, 9.17) is 4.74 Å². The lowest BCUT2D eigenvalue weighted by Crippen LogP contribution is -2.38. The molecule has 0 aliphatic carbocycles. The van der Waals surface area contributed by atoms with E-state index in [-0.39, 0.29) is 24.4 Å². The number of carbonyl (C=O) groups is 2. The van der Waals surface area contributed by atoms with Gasteiger partial charge in [-0.2, -0.15) is 0 Å². The lowest BCUT2D eigenvalue weighted by molar-refractivity contribution is -0.132. The summed E-state index contributed by atoms with van der Waals surface area (Å²) in [5.41, 5.74) is -0.000461. The molecule has 1 fully saturated rings. The maximum absolute atomic E-state index is 13.5. The van der Waals surface area contributed by atoms with Crippen molar-refractivity contribution in [1.82, 2.24) is 10.2 Å². The molecule has 2 amide bonds. The van der Waals surface area contributed by atoms with Crippen molar-refractivity contribution in [1.29, 1.82) is 0 Å². The lowest BCUT2D eigenvalue weighted by atomic mass is 9.99. The molecule has 0 aromatic heterocycles. The van der Waals surface area contributed by atoms with E-state index >= 15 is 0 Å². The molecule has 0 spiro atoms. The van der Waals surface area contributed by atoms with Crippen LogP contribution in [0, 0.1) is 11.7 Å². The maximum Gasteiger partial charge on any atom is 0.254 e. The normalized spacial score (nSPS) is 15.1. The number of hydrogen-bond acceptors (Lipinski definition) is 3. The van der Waals surface area contributed by atoms with Crippen LogP contribution in [-0.4, -0.2) is 49.6 Å². The average molecular weight is 336 g/mol. The minimum Gasteiger partial charge on any atom is -0.381 e. The summed E-state index contributed by atoms with van der Waals surface area (Å²) in [5, 5.41) is 2.61. The third-order valence-corrected chi connectivity index (χ3v) is 4.30. The molecule has 1 aromatic carbocycles. The minimum absolute atomic E-state index is 0.000461. The average Bonchev–Trinajstić information content (AvgIpc) is 2.60. The summed E-state index contributed by atoms with van der Waals surface area (Å²) in [6.07, 6.45) is 2.18. The van der Waals surface area contributed by atoms with Crippen LogP contribution in [0.15, 0.2) is 24.3 Å². The molecule has 0 radical (unpaired) electrons. The van der Waals surface area contributed by atoms with Gasteiger partial charge in [-0.05, 0) is 37.8 Å². The molecule has 5 nitrogen and oxygen atoms in total. The van der Waals surface area contributed by atoms with Gasteiger partial charge in [-0.25, -0.2) is 4.39 Å². The Morgan fingerprint density at radius 3 is 2.67 bits per heavy atom. The molecule has 1 saturated heterocycles. The maximum atomic E-state index is 13.5. The molecule has 0 atom stereocenters. The van der Waals surface area contributed by atoms with Gasteiger partial charge in [0.25, 0.3) is 5.91 Å². The second kappa shape index (κ2) is 9.37. The number of ether oxygens (including phenoxy) is 1. The van der Waals surface area contributed by atoms with E-state index in [0.717, 1.165) is 32.6 Å². The van der Waals surface area contributed by atoms with E-state index in [1.807, 2.05) is 11.8 Å². The molecule has 1 aliphatic rings. The number of halogens is 1. The Morgan fingerprint density at radius 1 is 1.29 bits per heavy atom. The number of nitrogens with zero attached hydrogens (tertiary/aromatic N) is 1. The molecule has 0 unspecified atom stereocenters. The minimum atomic E-state index is -0.559. The van der Waals surface area contributed by atoms with Crippen LogP contribution in [0.3, 0.4) is 0 Å². The van der Waals surface area contributed by atoms with Crippen LogP contribution in [0.1, 0.15) is 36.5 Å². The predicted octanol–water partition coefficient (Wildman–Crippen LogP) is 2.22. The van der Waals surface area contributed by atoms with Gasteiger partial charge in [0.15, 0.2) is 0 Å². The van der Waals surface area contributed by atoms with Crippen molar-refractivity contribution in [3.63, 3.8) is 0 Å². The van der Waals surface area contributed by atoms with Crippen LogP contribution in [0.5, 0.6) is 0 Å². The quantitative estimate of drug-likeness (QED) is 0.831. The summed E-state index contributed by atoms with van der Waals surface area (Å²) >= 11 is 0. The van der Waals surface area contributed by atoms with Gasteiger partial charge in [0, 0.05) is 39.3 Å². The SMILES string of the molecule is CCN(CC1CCOCC1)C(=O)CCNC(=O)c1ccccc1F. The molecule has 24 heavy (non-hydrogen) atoms. The Bertz CT molecular complexity index is 559. The Hall–Kier alpha value is -1.95. The Kier molecular flexibility index (Phi) is 7.18. The van der Waals surface area contributed by atoms with Gasteiger partial charge in [-0.3, -0.25) is 9.59 Å². The van der Waals surface area contributed by atoms with Gasteiger partial charge in [0.05, 0.1) is 5.56 Å². The summed E-state index contributed by atoms with van der Waals surface area (Å²) in [5.74, 6) is -0.558. The van der Waals surface area contributed by atoms with Crippen LogP contribution >= 0.6 is 0 Å². The number of rotatable bonds is 7. The summed E-state index contributed by atoms with van der Waals surface area (Å²) < 4.78 is 18.9. The molecule has 1 aliphatic heterocycles. The van der Waals surface area contributed by atoms with Crippen molar-refractivity contribution >= 4 is 11.8 Å². The number of benzene rings is 1. The van der Waals surface area contributed by atoms with Crippen molar-refractivity contribution in [3.05, 3.63) is 35.6 Å². The third-order valence-electron chi connectivity index (χ3n) is 4.30. The Labute approximate surface area is 142 Å². The largest absolute Gasteiger partial charge is 0.381 e. The van der Waals surface area contributed by atoms with Gasteiger partial charge in [0.2, 0.25) is 5.91 Å². The lowest BCUT2D eigenvalue weighted by Gasteiger charge is -2.29. The zero-order valence-corrected chi connectivity index (χ0v) is 14.1. The fraction of sp³-hybridized carbons (Fsp3) is 0.556. The van der Waals surface area contributed by atoms with Crippen molar-refractivity contribution in [2.75, 3.05) is 32.8 Å². The highest BCUT2D eigenvalue weighted by Crippen LogP contribution is 2.16. The molecule has 1 aromatic rings. The highest BCUT2D eigenvalue weighted by Gasteiger charge is 2.20. The second-order valence-electron chi connectivity index (χ2n) is 5.97. The molecule has 1 heterocycles. The fourth-order valence-electron chi connectivity index (χ4n) is 2.83. The Balaban J connectivity index is 1.76. The van der Waals surface area contributed by atoms with E-state index in [1.54, 1.807) is 6.07 Å². The molecule has 0 saturated carbocycles. The number of carbonyl (C=O) groups excluding carboxylic acids is 2. The molecule has 0 bridgehead atoms. The first kappa shape index (κ1) is 18.4. The zero-order valence-electron chi connectivity index (χ0n) is 14.1. The number of nitrogens with one attached hydrogen (secondary N) is 1. The molecule has 6 heteroatoms. The van der Waals surface area contributed by atoms with Crippen LogP contribution < -0.4 is 5.32 Å². The molecule has 132 valence electrons. The van der Waals surface area contributed by atoms with E-state index < -0.39 is 11.7 Å². The van der Waals surface area contributed by atoms with Crippen LogP contribution in [0.25, 0.3) is 0 Å². The summed E-state index contributed by atoms with van der Waals surface area (Å²) in [4.78, 5) is 26.0. The van der Waals surface area contributed by atoms with Gasteiger partial charge < -0.3 is 15.0 Å². The van der Waals surface area contributed by atoms with Crippen molar-refractivity contribution in [2.24, 2.45) is 5.92 Å². The highest BCUT2D eigenvalue weighted by atomic mass is 19.1. The van der Waals surface area contributed by atoms with E-state index in [2.05, 4.69) is 5.32 Å². The first-order chi connectivity index (χ1) is 11.6. The smallest absolute Gasteiger partial charge is 0.254 e. The van der Waals surface area contributed by atoms with Crippen molar-refractivity contribution in [2.45, 2.75) is 26.2 Å². The molecular weight excluding hydrogens is 311 g/mol.